The zero-order valence-corrected chi connectivity index (χ0v) is 12.1. The number of benzene rings is 1. The predicted molar refractivity (Wildman–Crippen MR) is 71.8 cm³/mol. The number of carbonyl (C=O) groups excluding carboxylic acids is 1. The van der Waals surface area contributed by atoms with Crippen molar-refractivity contribution in [3.63, 3.8) is 0 Å². The van der Waals surface area contributed by atoms with Crippen LogP contribution in [0.2, 0.25) is 0 Å². The molecule has 112 valence electrons. The minimum atomic E-state index is -1.57. The van der Waals surface area contributed by atoms with Gasteiger partial charge in [-0.25, -0.2) is 13.2 Å². The highest BCUT2D eigenvalue weighted by Crippen LogP contribution is 2.20. The van der Waals surface area contributed by atoms with Gasteiger partial charge in [-0.1, -0.05) is 27.7 Å². The maximum Gasteiger partial charge on any atom is 0.251 e. The minimum absolute atomic E-state index is 0.215. The zero-order valence-electron chi connectivity index (χ0n) is 12.1. The molecule has 0 bridgehead atoms. The molecule has 1 aromatic carbocycles. The average molecular weight is 287 g/mol. The third kappa shape index (κ3) is 3.99. The first-order valence-corrected chi connectivity index (χ1v) is 6.66. The largest absolute Gasteiger partial charge is 0.352 e. The zero-order chi connectivity index (χ0) is 15.4. The highest BCUT2D eigenvalue weighted by molar-refractivity contribution is 5.94. The molecule has 0 unspecified atom stereocenters. The van der Waals surface area contributed by atoms with Gasteiger partial charge in [0.25, 0.3) is 5.91 Å². The van der Waals surface area contributed by atoms with Gasteiger partial charge >= 0.3 is 0 Å². The lowest BCUT2D eigenvalue weighted by Gasteiger charge is -2.25. The molecule has 0 aromatic heterocycles. The summed E-state index contributed by atoms with van der Waals surface area (Å²) in [6, 6.07) is 1.40. The fourth-order valence-electron chi connectivity index (χ4n) is 2.24. The van der Waals surface area contributed by atoms with Crippen molar-refractivity contribution < 1.29 is 18.0 Å². The van der Waals surface area contributed by atoms with E-state index >= 15 is 0 Å². The van der Waals surface area contributed by atoms with Crippen molar-refractivity contribution in [2.24, 2.45) is 17.8 Å². The van der Waals surface area contributed by atoms with Crippen LogP contribution in [0.15, 0.2) is 12.1 Å². The maximum absolute atomic E-state index is 13.1. The Hall–Kier alpha value is -1.52. The van der Waals surface area contributed by atoms with Crippen molar-refractivity contribution in [1.82, 2.24) is 5.32 Å². The van der Waals surface area contributed by atoms with Crippen molar-refractivity contribution in [2.45, 2.75) is 27.7 Å². The number of hydrogen-bond donors (Lipinski definition) is 1. The van der Waals surface area contributed by atoms with Gasteiger partial charge in [0.15, 0.2) is 17.5 Å². The molecule has 0 aliphatic rings. The Morgan fingerprint density at radius 2 is 1.50 bits per heavy atom. The summed E-state index contributed by atoms with van der Waals surface area (Å²) in [7, 11) is 0. The monoisotopic (exact) mass is 287 g/mol. The van der Waals surface area contributed by atoms with Crippen LogP contribution >= 0.6 is 0 Å². The number of hydrogen-bond acceptors (Lipinski definition) is 1. The number of amides is 1. The Morgan fingerprint density at radius 3 is 1.90 bits per heavy atom. The highest BCUT2D eigenvalue weighted by Gasteiger charge is 2.20. The molecule has 0 spiro atoms. The molecule has 1 amide bonds. The number of nitrogens with one attached hydrogen (secondary N) is 1. The van der Waals surface area contributed by atoms with Crippen molar-refractivity contribution in [3.05, 3.63) is 35.1 Å². The van der Waals surface area contributed by atoms with E-state index in [1.807, 2.05) is 27.7 Å². The Balaban J connectivity index is 2.77. The van der Waals surface area contributed by atoms with Crippen LogP contribution in [0, 0.1) is 35.2 Å². The fourth-order valence-corrected chi connectivity index (χ4v) is 2.24. The lowest BCUT2D eigenvalue weighted by atomic mass is 9.85. The van der Waals surface area contributed by atoms with Gasteiger partial charge in [0.2, 0.25) is 0 Å². The van der Waals surface area contributed by atoms with E-state index < -0.39 is 23.4 Å². The number of carbonyl (C=O) groups is 1. The van der Waals surface area contributed by atoms with Crippen LogP contribution in [0.5, 0.6) is 0 Å². The molecule has 2 nitrogen and oxygen atoms in total. The standard InChI is InChI=1S/C15H20F3NO/c1-8(2)11(9(3)4)7-19-15(20)10-5-12(16)14(18)13(17)6-10/h5-6,8-9,11H,7H2,1-4H3,(H,19,20). The van der Waals surface area contributed by atoms with E-state index in [2.05, 4.69) is 5.32 Å². The Bertz CT molecular complexity index is 455. The summed E-state index contributed by atoms with van der Waals surface area (Å²) >= 11 is 0. The van der Waals surface area contributed by atoms with Gasteiger partial charge in [-0.15, -0.1) is 0 Å². The van der Waals surface area contributed by atoms with Crippen LogP contribution in [0.25, 0.3) is 0 Å². The summed E-state index contributed by atoms with van der Waals surface area (Å²) in [5.41, 5.74) is -0.215. The molecule has 0 heterocycles. The third-order valence-corrected chi connectivity index (χ3v) is 3.46. The van der Waals surface area contributed by atoms with E-state index in [-0.39, 0.29) is 11.5 Å². The highest BCUT2D eigenvalue weighted by atomic mass is 19.2. The van der Waals surface area contributed by atoms with Crippen LogP contribution < -0.4 is 5.32 Å². The Morgan fingerprint density at radius 1 is 1.05 bits per heavy atom. The first-order chi connectivity index (χ1) is 9.23. The van der Waals surface area contributed by atoms with E-state index in [4.69, 9.17) is 0 Å². The molecular weight excluding hydrogens is 267 g/mol. The van der Waals surface area contributed by atoms with Gasteiger partial charge in [-0.2, -0.15) is 0 Å². The lowest BCUT2D eigenvalue weighted by molar-refractivity contribution is 0.0936. The van der Waals surface area contributed by atoms with Crippen LogP contribution in [0.3, 0.4) is 0 Å². The minimum Gasteiger partial charge on any atom is -0.352 e. The summed E-state index contributed by atoms with van der Waals surface area (Å²) in [6.45, 7) is 8.61. The lowest BCUT2D eigenvalue weighted by Crippen LogP contribution is -2.34. The molecule has 20 heavy (non-hydrogen) atoms. The van der Waals surface area contributed by atoms with Gasteiger partial charge in [0.05, 0.1) is 0 Å². The van der Waals surface area contributed by atoms with Crippen molar-refractivity contribution in [2.75, 3.05) is 6.54 Å². The maximum atomic E-state index is 13.1. The van der Waals surface area contributed by atoms with Gasteiger partial charge in [0.1, 0.15) is 0 Å². The first kappa shape index (κ1) is 16.5. The number of rotatable bonds is 5. The van der Waals surface area contributed by atoms with Gasteiger partial charge < -0.3 is 5.32 Å². The molecule has 0 fully saturated rings. The number of halogens is 3. The molecule has 0 aliphatic heterocycles. The van der Waals surface area contributed by atoms with Gasteiger partial charge in [-0.05, 0) is 29.9 Å². The van der Waals surface area contributed by atoms with Crippen molar-refractivity contribution in [3.8, 4) is 0 Å². The van der Waals surface area contributed by atoms with Crippen molar-refractivity contribution in [1.29, 1.82) is 0 Å². The van der Waals surface area contributed by atoms with E-state index in [0.29, 0.717) is 30.5 Å². The van der Waals surface area contributed by atoms with E-state index in [0.717, 1.165) is 0 Å². The van der Waals surface area contributed by atoms with Crippen LogP contribution in [-0.2, 0) is 0 Å². The SMILES string of the molecule is CC(C)C(CNC(=O)c1cc(F)c(F)c(F)c1)C(C)C. The first-order valence-electron chi connectivity index (χ1n) is 6.66. The van der Waals surface area contributed by atoms with E-state index in [9.17, 15) is 18.0 Å². The summed E-state index contributed by atoms with van der Waals surface area (Å²) in [5, 5.41) is 2.64. The van der Waals surface area contributed by atoms with Gasteiger partial charge in [-0.3, -0.25) is 4.79 Å². The third-order valence-electron chi connectivity index (χ3n) is 3.46. The summed E-state index contributed by atoms with van der Waals surface area (Å²) < 4.78 is 38.9. The smallest absolute Gasteiger partial charge is 0.251 e. The van der Waals surface area contributed by atoms with E-state index in [1.54, 1.807) is 0 Å². The molecule has 5 heteroatoms. The fraction of sp³-hybridized carbons (Fsp3) is 0.533. The second kappa shape index (κ2) is 6.77. The average Bonchev–Trinajstić information content (AvgIpc) is 2.34. The molecule has 0 atom stereocenters. The molecule has 0 radical (unpaired) electrons. The second-order valence-electron chi connectivity index (χ2n) is 5.62. The molecule has 1 rings (SSSR count). The summed E-state index contributed by atoms with van der Waals surface area (Å²) in [4.78, 5) is 11.8. The van der Waals surface area contributed by atoms with E-state index in [1.165, 1.54) is 0 Å². The van der Waals surface area contributed by atoms with Crippen molar-refractivity contribution >= 4 is 5.91 Å². The van der Waals surface area contributed by atoms with Crippen LogP contribution in [0.4, 0.5) is 13.2 Å². The molecule has 1 N–H and O–H groups in total. The Labute approximate surface area is 117 Å². The van der Waals surface area contributed by atoms with Gasteiger partial charge in [0, 0.05) is 12.1 Å². The Kier molecular flexibility index (Phi) is 5.60. The normalized spacial score (nSPS) is 11.5. The molecule has 0 saturated heterocycles. The molecular formula is C15H20F3NO. The summed E-state index contributed by atoms with van der Waals surface area (Å²) in [5.74, 6) is -3.89. The topological polar surface area (TPSA) is 29.1 Å². The molecule has 1 aromatic rings. The molecule has 0 saturated carbocycles. The predicted octanol–water partition coefficient (Wildman–Crippen LogP) is 3.76. The second-order valence-corrected chi connectivity index (χ2v) is 5.62. The quantitative estimate of drug-likeness (QED) is 0.821. The summed E-state index contributed by atoms with van der Waals surface area (Å²) in [6.07, 6.45) is 0. The van der Waals surface area contributed by atoms with Crippen LogP contribution in [-0.4, -0.2) is 12.5 Å². The molecule has 0 aliphatic carbocycles. The van der Waals surface area contributed by atoms with Crippen LogP contribution in [0.1, 0.15) is 38.1 Å².